The lowest BCUT2D eigenvalue weighted by Gasteiger charge is -2.34. The number of carbonyl (C=O) groups excluding carboxylic acids is 1. The average Bonchev–Trinajstić information content (AvgIpc) is 3.22. The molecule has 3 aromatic rings. The smallest absolute Gasteiger partial charge is 0.414 e. The highest BCUT2D eigenvalue weighted by molar-refractivity contribution is 5.95. The summed E-state index contributed by atoms with van der Waals surface area (Å²) in [4.78, 5) is 31.2. The lowest BCUT2D eigenvalue weighted by Crippen LogP contribution is -2.42. The fourth-order valence-corrected chi connectivity index (χ4v) is 5.76. The second-order valence-electron chi connectivity index (χ2n) is 9.57. The molecule has 34 heavy (non-hydrogen) atoms. The van der Waals surface area contributed by atoms with E-state index >= 15 is 0 Å². The predicted octanol–water partition coefficient (Wildman–Crippen LogP) is 5.35. The van der Waals surface area contributed by atoms with E-state index in [0.29, 0.717) is 12.8 Å². The molecule has 0 unspecified atom stereocenters. The second kappa shape index (κ2) is 9.12. The summed E-state index contributed by atoms with van der Waals surface area (Å²) in [5, 5.41) is 9.68. The number of aryl methyl sites for hydroxylation is 1. The highest BCUT2D eigenvalue weighted by Crippen LogP contribution is 2.40. The van der Waals surface area contributed by atoms with Gasteiger partial charge < -0.3 is 14.4 Å². The van der Waals surface area contributed by atoms with Crippen LogP contribution in [-0.2, 0) is 22.4 Å². The number of carboxylic acid groups (broad SMARTS) is 1. The van der Waals surface area contributed by atoms with Gasteiger partial charge in [0.25, 0.3) is 0 Å². The number of nitrogens with zero attached hydrogens (tertiary/aromatic N) is 3. The molecule has 7 heteroatoms. The van der Waals surface area contributed by atoms with E-state index in [-0.39, 0.29) is 24.1 Å². The molecule has 1 aromatic heterocycles. The zero-order valence-corrected chi connectivity index (χ0v) is 19.7. The standard InChI is InChI=1S/C27H31N3O4/c1-17-11-12-21-22(29(17)27(33)34-2)13-14-23-25(21)28-24(15-18-7-4-3-5-8-18)30(23)20-10-6-9-19(16-20)26(31)32/h3-5,7-8,13-14,17,19-20H,6,9-12,15-16H2,1-2H3,(H,31,32)/t17-,19-,20+/m0/s1. The number of rotatable bonds is 4. The molecule has 0 saturated heterocycles. The summed E-state index contributed by atoms with van der Waals surface area (Å²) in [6, 6.07) is 14.5. The zero-order chi connectivity index (χ0) is 23.8. The van der Waals surface area contributed by atoms with Gasteiger partial charge in [-0.15, -0.1) is 0 Å². The number of anilines is 1. The van der Waals surface area contributed by atoms with E-state index in [0.717, 1.165) is 60.2 Å². The van der Waals surface area contributed by atoms with Crippen molar-refractivity contribution in [2.45, 2.75) is 64.0 Å². The van der Waals surface area contributed by atoms with Crippen molar-refractivity contribution in [3.8, 4) is 0 Å². The highest BCUT2D eigenvalue weighted by atomic mass is 16.5. The molecule has 1 aliphatic heterocycles. The van der Waals surface area contributed by atoms with Crippen LogP contribution in [0.4, 0.5) is 10.5 Å². The lowest BCUT2D eigenvalue weighted by molar-refractivity contribution is -0.143. The number of hydrogen-bond acceptors (Lipinski definition) is 4. The molecular formula is C27H31N3O4. The van der Waals surface area contributed by atoms with Crippen LogP contribution in [0, 0.1) is 5.92 Å². The van der Waals surface area contributed by atoms with Gasteiger partial charge in [0.05, 0.1) is 29.7 Å². The maximum atomic E-state index is 12.6. The molecule has 2 heterocycles. The zero-order valence-electron chi connectivity index (χ0n) is 19.7. The number of carboxylic acids is 1. The molecule has 1 fully saturated rings. The van der Waals surface area contributed by atoms with Crippen LogP contribution in [0.1, 0.15) is 62.0 Å². The Balaban J connectivity index is 1.65. The number of hydrogen-bond donors (Lipinski definition) is 1. The van der Waals surface area contributed by atoms with E-state index in [1.54, 1.807) is 4.90 Å². The number of imidazole rings is 1. The molecule has 2 aliphatic rings. The number of benzene rings is 2. The quantitative estimate of drug-likeness (QED) is 0.566. The predicted molar refractivity (Wildman–Crippen MR) is 130 cm³/mol. The van der Waals surface area contributed by atoms with Crippen LogP contribution in [0.5, 0.6) is 0 Å². The fraction of sp³-hybridized carbons (Fsp3) is 0.444. The minimum Gasteiger partial charge on any atom is -0.481 e. The minimum atomic E-state index is -0.709. The van der Waals surface area contributed by atoms with Crippen molar-refractivity contribution >= 4 is 28.8 Å². The molecule has 3 atom stereocenters. The maximum Gasteiger partial charge on any atom is 0.414 e. The van der Waals surface area contributed by atoms with Gasteiger partial charge in [0.2, 0.25) is 0 Å². The van der Waals surface area contributed by atoms with Crippen LogP contribution in [0.3, 0.4) is 0 Å². The van der Waals surface area contributed by atoms with E-state index in [9.17, 15) is 14.7 Å². The van der Waals surface area contributed by atoms with Gasteiger partial charge in [-0.2, -0.15) is 0 Å². The average molecular weight is 462 g/mol. The van der Waals surface area contributed by atoms with Crippen LogP contribution in [0.2, 0.25) is 0 Å². The van der Waals surface area contributed by atoms with E-state index in [2.05, 4.69) is 16.7 Å². The number of ether oxygens (including phenoxy) is 1. The summed E-state index contributed by atoms with van der Waals surface area (Å²) < 4.78 is 7.36. The number of methoxy groups -OCH3 is 1. The topological polar surface area (TPSA) is 84.7 Å². The first-order chi connectivity index (χ1) is 16.5. The minimum absolute atomic E-state index is 0.0537. The van der Waals surface area contributed by atoms with Gasteiger partial charge >= 0.3 is 12.1 Å². The first-order valence-corrected chi connectivity index (χ1v) is 12.1. The van der Waals surface area contributed by atoms with E-state index in [1.807, 2.05) is 37.3 Å². The van der Waals surface area contributed by atoms with Crippen LogP contribution in [-0.4, -0.2) is 39.9 Å². The van der Waals surface area contributed by atoms with E-state index in [1.165, 1.54) is 12.7 Å². The van der Waals surface area contributed by atoms with E-state index in [4.69, 9.17) is 9.72 Å². The van der Waals surface area contributed by atoms with Crippen LogP contribution in [0.25, 0.3) is 11.0 Å². The summed E-state index contributed by atoms with van der Waals surface area (Å²) >= 11 is 0. The first kappa shape index (κ1) is 22.4. The largest absolute Gasteiger partial charge is 0.481 e. The third-order valence-electron chi connectivity index (χ3n) is 7.46. The first-order valence-electron chi connectivity index (χ1n) is 12.1. The number of carbonyl (C=O) groups is 2. The molecule has 1 aliphatic carbocycles. The molecule has 0 radical (unpaired) electrons. The number of aliphatic carboxylic acids is 1. The molecule has 0 bridgehead atoms. The van der Waals surface area contributed by atoms with Gasteiger partial charge in [-0.1, -0.05) is 36.8 Å². The Morgan fingerprint density at radius 2 is 1.91 bits per heavy atom. The highest BCUT2D eigenvalue weighted by Gasteiger charge is 2.34. The van der Waals surface area contributed by atoms with Gasteiger partial charge in [-0.05, 0) is 56.7 Å². The SMILES string of the molecule is COC(=O)N1c2ccc3c(nc(Cc4ccccc4)n3[C@@H]3CCC[C@H](C(=O)O)C3)c2CC[C@@H]1C. The molecule has 0 spiro atoms. The normalized spacial score (nSPS) is 22.4. The molecule has 1 amide bonds. The van der Waals surface area contributed by atoms with Crippen molar-refractivity contribution in [1.82, 2.24) is 9.55 Å². The van der Waals surface area contributed by atoms with Crippen molar-refractivity contribution < 1.29 is 19.4 Å². The summed E-state index contributed by atoms with van der Waals surface area (Å²) in [5.74, 6) is -0.0817. The van der Waals surface area contributed by atoms with Gasteiger partial charge in [-0.25, -0.2) is 9.78 Å². The summed E-state index contributed by atoms with van der Waals surface area (Å²) in [6.07, 6.45) is 5.19. The molecule has 1 N–H and O–H groups in total. The summed E-state index contributed by atoms with van der Waals surface area (Å²) in [5.41, 5.74) is 5.05. The molecule has 1 saturated carbocycles. The van der Waals surface area contributed by atoms with Crippen molar-refractivity contribution in [2.24, 2.45) is 5.92 Å². The molecule has 178 valence electrons. The molecule has 2 aromatic carbocycles. The van der Waals surface area contributed by atoms with Gasteiger partial charge in [0.15, 0.2) is 0 Å². The van der Waals surface area contributed by atoms with Gasteiger partial charge in [0, 0.05) is 24.1 Å². The van der Waals surface area contributed by atoms with Crippen LogP contribution in [0.15, 0.2) is 42.5 Å². The summed E-state index contributed by atoms with van der Waals surface area (Å²) in [7, 11) is 1.41. The number of aromatic nitrogens is 2. The molecular weight excluding hydrogens is 430 g/mol. The van der Waals surface area contributed by atoms with Crippen LogP contribution < -0.4 is 4.90 Å². The van der Waals surface area contributed by atoms with Crippen molar-refractivity contribution in [3.05, 3.63) is 59.4 Å². The molecule has 7 nitrogen and oxygen atoms in total. The van der Waals surface area contributed by atoms with Crippen molar-refractivity contribution in [1.29, 1.82) is 0 Å². The Hall–Kier alpha value is -3.35. The third kappa shape index (κ3) is 3.93. The van der Waals surface area contributed by atoms with Crippen molar-refractivity contribution in [2.75, 3.05) is 12.0 Å². The number of fused-ring (bicyclic) bond motifs is 3. The van der Waals surface area contributed by atoms with E-state index < -0.39 is 5.97 Å². The fourth-order valence-electron chi connectivity index (χ4n) is 5.76. The van der Waals surface area contributed by atoms with Gasteiger partial charge in [0.1, 0.15) is 5.82 Å². The van der Waals surface area contributed by atoms with Crippen molar-refractivity contribution in [3.63, 3.8) is 0 Å². The third-order valence-corrected chi connectivity index (χ3v) is 7.46. The Labute approximate surface area is 199 Å². The maximum absolute atomic E-state index is 12.6. The Bertz CT molecular complexity index is 1220. The number of amides is 1. The second-order valence-corrected chi connectivity index (χ2v) is 9.57. The molecule has 5 rings (SSSR count). The monoisotopic (exact) mass is 461 g/mol. The van der Waals surface area contributed by atoms with Gasteiger partial charge in [-0.3, -0.25) is 9.69 Å². The Morgan fingerprint density at radius 3 is 2.65 bits per heavy atom. The van der Waals surface area contributed by atoms with Crippen LogP contribution >= 0.6 is 0 Å². The lowest BCUT2D eigenvalue weighted by atomic mass is 9.85. The summed E-state index contributed by atoms with van der Waals surface area (Å²) in [6.45, 7) is 2.04. The Morgan fingerprint density at radius 1 is 1.12 bits per heavy atom. The Kier molecular flexibility index (Phi) is 6.02.